The predicted molar refractivity (Wildman–Crippen MR) is 98.5 cm³/mol. The largest absolute Gasteiger partial charge is 0.374 e. The summed E-state index contributed by atoms with van der Waals surface area (Å²) in [6.07, 6.45) is 4.02. The van der Waals surface area contributed by atoms with Crippen molar-refractivity contribution in [3.63, 3.8) is 0 Å². The number of hydrogen-bond donors (Lipinski definition) is 2. The highest BCUT2D eigenvalue weighted by Crippen LogP contribution is 2.26. The lowest BCUT2D eigenvalue weighted by atomic mass is 10.00. The fourth-order valence-electron chi connectivity index (χ4n) is 3.44. The highest BCUT2D eigenvalue weighted by molar-refractivity contribution is 5.85. The lowest BCUT2D eigenvalue weighted by Crippen LogP contribution is -2.48. The van der Waals surface area contributed by atoms with Gasteiger partial charge < -0.3 is 15.8 Å². The van der Waals surface area contributed by atoms with Gasteiger partial charge in [-0.1, -0.05) is 20.3 Å². The van der Waals surface area contributed by atoms with Gasteiger partial charge in [-0.3, -0.25) is 9.69 Å². The molecule has 0 radical (unpaired) electrons. The molecule has 2 fully saturated rings. The standard InChI is InChI=1S/C16H31N3O2.2ClH/c1-12(2)10-19-6-7-21-14(11-19)9-18-16(20)8-13-4-3-5-15(13)17;;/h12-15H,3-11,17H2,1-2H3,(H,18,20);2*1H/t13-,14?,15+;;/m0../s1. The van der Waals surface area contributed by atoms with Gasteiger partial charge in [0.25, 0.3) is 0 Å². The minimum absolute atomic E-state index is 0. The second-order valence-electron chi connectivity index (χ2n) is 7.01. The molecular weight excluding hydrogens is 337 g/mol. The highest BCUT2D eigenvalue weighted by atomic mass is 35.5. The summed E-state index contributed by atoms with van der Waals surface area (Å²) in [5.74, 6) is 1.17. The molecule has 23 heavy (non-hydrogen) atoms. The lowest BCUT2D eigenvalue weighted by molar-refractivity contribution is -0.123. The molecule has 1 heterocycles. The summed E-state index contributed by atoms with van der Waals surface area (Å²) in [6.45, 7) is 8.87. The third-order valence-corrected chi connectivity index (χ3v) is 4.54. The van der Waals surface area contributed by atoms with Crippen LogP contribution in [0.2, 0.25) is 0 Å². The van der Waals surface area contributed by atoms with E-state index in [1.165, 1.54) is 0 Å². The summed E-state index contributed by atoms with van der Waals surface area (Å²) in [5, 5.41) is 3.03. The van der Waals surface area contributed by atoms with Crippen LogP contribution < -0.4 is 11.1 Å². The molecule has 1 unspecified atom stereocenters. The first-order valence-electron chi connectivity index (χ1n) is 8.41. The van der Waals surface area contributed by atoms with Crippen LogP contribution in [0.25, 0.3) is 0 Å². The molecule has 2 aliphatic rings. The topological polar surface area (TPSA) is 67.6 Å². The minimum Gasteiger partial charge on any atom is -0.374 e. The SMILES string of the molecule is CC(C)CN1CCOC(CNC(=O)C[C@@H]2CCC[C@H]2N)C1.Cl.Cl. The first kappa shape index (κ1) is 22.9. The monoisotopic (exact) mass is 369 g/mol. The average molecular weight is 370 g/mol. The Balaban J connectivity index is 0.00000242. The molecule has 2 rings (SSSR count). The first-order valence-corrected chi connectivity index (χ1v) is 8.41. The van der Waals surface area contributed by atoms with Gasteiger partial charge in [-0.05, 0) is 24.7 Å². The molecule has 1 aliphatic carbocycles. The zero-order chi connectivity index (χ0) is 15.2. The van der Waals surface area contributed by atoms with Crippen molar-refractivity contribution in [1.29, 1.82) is 0 Å². The maximum Gasteiger partial charge on any atom is 0.220 e. The van der Waals surface area contributed by atoms with Crippen LogP contribution in [0.4, 0.5) is 0 Å². The van der Waals surface area contributed by atoms with Crippen LogP contribution in [0, 0.1) is 11.8 Å². The van der Waals surface area contributed by atoms with E-state index in [4.69, 9.17) is 10.5 Å². The van der Waals surface area contributed by atoms with Gasteiger partial charge in [-0.2, -0.15) is 0 Å². The van der Waals surface area contributed by atoms with E-state index in [2.05, 4.69) is 24.1 Å². The summed E-state index contributed by atoms with van der Waals surface area (Å²) in [4.78, 5) is 14.4. The van der Waals surface area contributed by atoms with Gasteiger partial charge in [0.1, 0.15) is 0 Å². The van der Waals surface area contributed by atoms with Gasteiger partial charge in [0.05, 0.1) is 12.7 Å². The normalized spacial score (nSPS) is 28.1. The van der Waals surface area contributed by atoms with E-state index in [0.717, 1.165) is 45.5 Å². The quantitative estimate of drug-likeness (QED) is 0.749. The number of halogens is 2. The molecule has 138 valence electrons. The number of carbonyl (C=O) groups excluding carboxylic acids is 1. The summed E-state index contributed by atoms with van der Waals surface area (Å²) in [6, 6.07) is 0.211. The van der Waals surface area contributed by atoms with Crippen LogP contribution in [-0.4, -0.2) is 55.7 Å². The number of morpholine rings is 1. The molecule has 1 saturated carbocycles. The summed E-state index contributed by atoms with van der Waals surface area (Å²) in [5.41, 5.74) is 6.02. The van der Waals surface area contributed by atoms with Crippen LogP contribution in [0.5, 0.6) is 0 Å². The molecule has 0 aromatic carbocycles. The average Bonchev–Trinajstić information content (AvgIpc) is 2.82. The first-order chi connectivity index (χ1) is 10.0. The van der Waals surface area contributed by atoms with E-state index < -0.39 is 0 Å². The molecule has 0 bridgehead atoms. The number of nitrogens with two attached hydrogens (primary N) is 1. The van der Waals surface area contributed by atoms with Gasteiger partial charge >= 0.3 is 0 Å². The maximum absolute atomic E-state index is 12.0. The Morgan fingerprint density at radius 3 is 2.70 bits per heavy atom. The minimum atomic E-state index is 0. The maximum atomic E-state index is 12.0. The summed E-state index contributed by atoms with van der Waals surface area (Å²) >= 11 is 0. The van der Waals surface area contributed by atoms with Crippen LogP contribution in [0.15, 0.2) is 0 Å². The number of rotatable bonds is 6. The summed E-state index contributed by atoms with van der Waals surface area (Å²) in [7, 11) is 0. The number of nitrogens with zero attached hydrogens (tertiary/aromatic N) is 1. The fourth-order valence-corrected chi connectivity index (χ4v) is 3.44. The molecule has 5 nitrogen and oxygen atoms in total. The Morgan fingerprint density at radius 2 is 2.09 bits per heavy atom. The number of carbonyl (C=O) groups is 1. The van der Waals surface area contributed by atoms with Gasteiger partial charge in [0, 0.05) is 38.6 Å². The number of amides is 1. The molecule has 0 aromatic rings. The highest BCUT2D eigenvalue weighted by Gasteiger charge is 2.27. The van der Waals surface area contributed by atoms with Crippen molar-refractivity contribution in [1.82, 2.24) is 10.2 Å². The van der Waals surface area contributed by atoms with Crippen molar-refractivity contribution >= 4 is 30.7 Å². The second-order valence-corrected chi connectivity index (χ2v) is 7.01. The Hall–Kier alpha value is -0.0700. The smallest absolute Gasteiger partial charge is 0.220 e. The van der Waals surface area contributed by atoms with Crippen molar-refractivity contribution in [3.8, 4) is 0 Å². The second kappa shape index (κ2) is 11.5. The Bertz CT molecular complexity index is 345. The molecule has 1 amide bonds. The Labute approximate surface area is 152 Å². The number of nitrogens with one attached hydrogen (secondary N) is 1. The zero-order valence-corrected chi connectivity index (χ0v) is 16.0. The van der Waals surface area contributed by atoms with Gasteiger partial charge in [0.15, 0.2) is 0 Å². The Kier molecular flexibility index (Phi) is 11.4. The van der Waals surface area contributed by atoms with E-state index in [0.29, 0.717) is 24.8 Å². The van der Waals surface area contributed by atoms with Crippen LogP contribution in [0.3, 0.4) is 0 Å². The van der Waals surface area contributed by atoms with Crippen molar-refractivity contribution in [2.45, 2.75) is 51.7 Å². The molecule has 0 spiro atoms. The van der Waals surface area contributed by atoms with E-state index in [1.807, 2.05) is 0 Å². The summed E-state index contributed by atoms with van der Waals surface area (Å²) < 4.78 is 5.75. The third kappa shape index (κ3) is 8.03. The lowest BCUT2D eigenvalue weighted by Gasteiger charge is -2.34. The number of ether oxygens (including phenoxy) is 1. The van der Waals surface area contributed by atoms with E-state index in [-0.39, 0.29) is 42.9 Å². The van der Waals surface area contributed by atoms with Crippen LogP contribution in [-0.2, 0) is 9.53 Å². The molecule has 1 saturated heterocycles. The molecule has 0 aromatic heterocycles. The molecule has 3 atom stereocenters. The molecule has 7 heteroatoms. The van der Waals surface area contributed by atoms with E-state index >= 15 is 0 Å². The van der Waals surface area contributed by atoms with Crippen LogP contribution in [0.1, 0.15) is 39.5 Å². The van der Waals surface area contributed by atoms with Crippen molar-refractivity contribution < 1.29 is 9.53 Å². The molecule has 3 N–H and O–H groups in total. The van der Waals surface area contributed by atoms with E-state index in [9.17, 15) is 4.79 Å². The predicted octanol–water partition coefficient (Wildman–Crippen LogP) is 1.82. The Morgan fingerprint density at radius 1 is 1.35 bits per heavy atom. The van der Waals surface area contributed by atoms with Crippen LogP contribution >= 0.6 is 24.8 Å². The molecular formula is C16H33Cl2N3O2. The fraction of sp³-hybridized carbons (Fsp3) is 0.938. The number of hydrogen-bond acceptors (Lipinski definition) is 4. The van der Waals surface area contributed by atoms with Gasteiger partial charge in [-0.15, -0.1) is 24.8 Å². The van der Waals surface area contributed by atoms with Gasteiger partial charge in [-0.25, -0.2) is 0 Å². The van der Waals surface area contributed by atoms with Gasteiger partial charge in [0.2, 0.25) is 5.91 Å². The van der Waals surface area contributed by atoms with Crippen molar-refractivity contribution in [3.05, 3.63) is 0 Å². The third-order valence-electron chi connectivity index (χ3n) is 4.54. The zero-order valence-electron chi connectivity index (χ0n) is 14.3. The molecule has 1 aliphatic heterocycles. The van der Waals surface area contributed by atoms with E-state index in [1.54, 1.807) is 0 Å². The van der Waals surface area contributed by atoms with Crippen molar-refractivity contribution in [2.75, 3.05) is 32.8 Å². The van der Waals surface area contributed by atoms with Crippen molar-refractivity contribution in [2.24, 2.45) is 17.6 Å².